The zero-order chi connectivity index (χ0) is 22.8. The molecule has 0 aromatic heterocycles. The monoisotopic (exact) mass is 500 g/mol. The lowest BCUT2D eigenvalue weighted by molar-refractivity contribution is -0.139. The molecule has 1 atom stereocenters. The Morgan fingerprint density at radius 3 is 2.29 bits per heavy atom. The van der Waals surface area contributed by atoms with E-state index in [1.165, 1.54) is 11.8 Å². The summed E-state index contributed by atoms with van der Waals surface area (Å²) in [4.78, 5) is 27.6. The van der Waals surface area contributed by atoms with Gasteiger partial charge in [0.1, 0.15) is 6.04 Å². The second-order valence-electron chi connectivity index (χ2n) is 7.10. The van der Waals surface area contributed by atoms with Crippen molar-refractivity contribution in [1.82, 2.24) is 10.2 Å². The Hall–Kier alpha value is -1.40. The van der Waals surface area contributed by atoms with Crippen molar-refractivity contribution >= 4 is 58.4 Å². The first-order chi connectivity index (χ1) is 14.8. The van der Waals surface area contributed by atoms with E-state index in [1.807, 2.05) is 44.2 Å². The fourth-order valence-corrected chi connectivity index (χ4v) is 4.36. The molecule has 2 rings (SSSR count). The number of benzene rings is 2. The number of hydrogen-bond acceptors (Lipinski definition) is 3. The number of halogens is 3. The van der Waals surface area contributed by atoms with Crippen molar-refractivity contribution < 1.29 is 9.59 Å². The van der Waals surface area contributed by atoms with Crippen molar-refractivity contribution in [3.8, 4) is 0 Å². The molecule has 0 radical (unpaired) electrons. The third kappa shape index (κ3) is 8.23. The summed E-state index contributed by atoms with van der Waals surface area (Å²) < 4.78 is 0. The van der Waals surface area contributed by atoms with E-state index in [4.69, 9.17) is 34.8 Å². The van der Waals surface area contributed by atoms with Crippen LogP contribution in [0.25, 0.3) is 0 Å². The highest BCUT2D eigenvalue weighted by molar-refractivity contribution is 7.99. The molecule has 2 aromatic rings. The SMILES string of the molecule is CCCNC(=O)C(CC)N(Cc1ccc(Cl)c(Cl)c1)C(=O)CSCc1ccc(Cl)cc1. The maximum atomic E-state index is 13.2. The van der Waals surface area contributed by atoms with Crippen LogP contribution in [0.5, 0.6) is 0 Å². The minimum Gasteiger partial charge on any atom is -0.354 e. The average molecular weight is 502 g/mol. The molecule has 1 unspecified atom stereocenters. The van der Waals surface area contributed by atoms with Crippen LogP contribution in [0, 0.1) is 0 Å². The Balaban J connectivity index is 2.13. The molecule has 0 saturated carbocycles. The van der Waals surface area contributed by atoms with E-state index in [9.17, 15) is 9.59 Å². The number of thioether (sulfide) groups is 1. The first kappa shape index (κ1) is 25.9. The molecular weight excluding hydrogens is 475 g/mol. The van der Waals surface area contributed by atoms with Gasteiger partial charge in [-0.1, -0.05) is 66.8 Å². The van der Waals surface area contributed by atoms with E-state index in [0.29, 0.717) is 33.8 Å². The van der Waals surface area contributed by atoms with Crippen LogP contribution in [0.4, 0.5) is 0 Å². The molecule has 8 heteroatoms. The molecule has 4 nitrogen and oxygen atoms in total. The molecule has 31 heavy (non-hydrogen) atoms. The molecule has 0 fully saturated rings. The van der Waals surface area contributed by atoms with Crippen LogP contribution in [-0.2, 0) is 21.9 Å². The van der Waals surface area contributed by atoms with Crippen molar-refractivity contribution in [2.45, 2.75) is 45.0 Å². The predicted octanol–water partition coefficient (Wildman–Crippen LogP) is 6.21. The van der Waals surface area contributed by atoms with Gasteiger partial charge in [-0.15, -0.1) is 11.8 Å². The van der Waals surface area contributed by atoms with Crippen LogP contribution in [-0.4, -0.2) is 35.1 Å². The third-order valence-electron chi connectivity index (χ3n) is 4.68. The quantitative estimate of drug-likeness (QED) is 0.398. The van der Waals surface area contributed by atoms with Gasteiger partial charge in [-0.2, -0.15) is 0 Å². The average Bonchev–Trinajstić information content (AvgIpc) is 2.75. The molecule has 168 valence electrons. The van der Waals surface area contributed by atoms with Crippen LogP contribution >= 0.6 is 46.6 Å². The number of rotatable bonds is 11. The molecule has 2 aromatic carbocycles. The number of nitrogens with one attached hydrogen (secondary N) is 1. The Kier molecular flexibility index (Phi) is 11.0. The number of amides is 2. The summed E-state index contributed by atoms with van der Waals surface area (Å²) in [7, 11) is 0. The summed E-state index contributed by atoms with van der Waals surface area (Å²) in [5.41, 5.74) is 1.91. The predicted molar refractivity (Wildman–Crippen MR) is 132 cm³/mol. The molecule has 1 N–H and O–H groups in total. The Morgan fingerprint density at radius 2 is 1.68 bits per heavy atom. The van der Waals surface area contributed by atoms with Gasteiger partial charge in [0.2, 0.25) is 11.8 Å². The summed E-state index contributed by atoms with van der Waals surface area (Å²) in [5.74, 6) is 0.716. The van der Waals surface area contributed by atoms with Crippen LogP contribution in [0.1, 0.15) is 37.8 Å². The van der Waals surface area contributed by atoms with Gasteiger partial charge in [0.25, 0.3) is 0 Å². The van der Waals surface area contributed by atoms with Crippen molar-refractivity contribution in [1.29, 1.82) is 0 Å². The smallest absolute Gasteiger partial charge is 0.242 e. The molecule has 2 amide bonds. The zero-order valence-electron chi connectivity index (χ0n) is 17.7. The lowest BCUT2D eigenvalue weighted by Gasteiger charge is -2.30. The van der Waals surface area contributed by atoms with Gasteiger partial charge in [0.05, 0.1) is 15.8 Å². The van der Waals surface area contributed by atoms with Crippen molar-refractivity contribution in [2.24, 2.45) is 0 Å². The second kappa shape index (κ2) is 13.2. The minimum atomic E-state index is -0.551. The van der Waals surface area contributed by atoms with Crippen molar-refractivity contribution in [3.63, 3.8) is 0 Å². The van der Waals surface area contributed by atoms with Crippen LogP contribution in [0.3, 0.4) is 0 Å². The summed E-state index contributed by atoms with van der Waals surface area (Å²) in [5, 5.41) is 4.47. The third-order valence-corrected chi connectivity index (χ3v) is 6.66. The van der Waals surface area contributed by atoms with Gasteiger partial charge in [0.15, 0.2) is 0 Å². The molecule has 0 bridgehead atoms. The van der Waals surface area contributed by atoms with Gasteiger partial charge in [-0.3, -0.25) is 9.59 Å². The van der Waals surface area contributed by atoms with Gasteiger partial charge in [-0.05, 0) is 48.2 Å². The number of carbonyl (C=O) groups excluding carboxylic acids is 2. The van der Waals surface area contributed by atoms with Crippen LogP contribution in [0.2, 0.25) is 15.1 Å². The Bertz CT molecular complexity index is 878. The summed E-state index contributed by atoms with van der Waals surface area (Å²) in [6.45, 7) is 4.77. The first-order valence-electron chi connectivity index (χ1n) is 10.2. The van der Waals surface area contributed by atoms with Crippen LogP contribution < -0.4 is 5.32 Å². The fourth-order valence-electron chi connectivity index (χ4n) is 3.04. The molecule has 0 aliphatic carbocycles. The first-order valence-corrected chi connectivity index (χ1v) is 12.5. The standard InChI is InChI=1S/C23H27Cl3N2O2S/c1-3-11-27-23(30)21(4-2)28(13-17-7-10-19(25)20(26)12-17)22(29)15-31-14-16-5-8-18(24)9-6-16/h5-10,12,21H,3-4,11,13-15H2,1-2H3,(H,27,30). The normalized spacial score (nSPS) is 11.8. The summed E-state index contributed by atoms with van der Waals surface area (Å²) >= 11 is 19.6. The largest absolute Gasteiger partial charge is 0.354 e. The molecular formula is C23H27Cl3N2O2S. The minimum absolute atomic E-state index is 0.0939. The number of hydrogen-bond donors (Lipinski definition) is 1. The lowest BCUT2D eigenvalue weighted by atomic mass is 10.1. The molecule has 0 saturated heterocycles. The van der Waals surface area contributed by atoms with Crippen molar-refractivity contribution in [2.75, 3.05) is 12.3 Å². The fraction of sp³-hybridized carbons (Fsp3) is 0.391. The molecule has 0 aliphatic heterocycles. The highest BCUT2D eigenvalue weighted by Crippen LogP contribution is 2.24. The highest BCUT2D eigenvalue weighted by Gasteiger charge is 2.28. The van der Waals surface area contributed by atoms with Gasteiger partial charge in [0, 0.05) is 23.9 Å². The van der Waals surface area contributed by atoms with E-state index >= 15 is 0 Å². The zero-order valence-corrected chi connectivity index (χ0v) is 20.8. The van der Waals surface area contributed by atoms with E-state index in [2.05, 4.69) is 5.32 Å². The highest BCUT2D eigenvalue weighted by atomic mass is 35.5. The Morgan fingerprint density at radius 1 is 1.00 bits per heavy atom. The maximum Gasteiger partial charge on any atom is 0.242 e. The van der Waals surface area contributed by atoms with Gasteiger partial charge < -0.3 is 10.2 Å². The number of carbonyl (C=O) groups is 2. The molecule has 0 heterocycles. The van der Waals surface area contributed by atoms with Crippen molar-refractivity contribution in [3.05, 3.63) is 68.7 Å². The van der Waals surface area contributed by atoms with E-state index in [-0.39, 0.29) is 24.1 Å². The van der Waals surface area contributed by atoms with E-state index in [1.54, 1.807) is 17.0 Å². The second-order valence-corrected chi connectivity index (χ2v) is 9.34. The van der Waals surface area contributed by atoms with Gasteiger partial charge >= 0.3 is 0 Å². The van der Waals surface area contributed by atoms with E-state index in [0.717, 1.165) is 17.5 Å². The molecule has 0 spiro atoms. The van der Waals surface area contributed by atoms with Crippen LogP contribution in [0.15, 0.2) is 42.5 Å². The number of nitrogens with zero attached hydrogens (tertiary/aromatic N) is 1. The Labute approximate surface area is 203 Å². The summed E-state index contributed by atoms with van der Waals surface area (Å²) in [6, 6.07) is 12.3. The van der Waals surface area contributed by atoms with E-state index < -0.39 is 6.04 Å². The van der Waals surface area contributed by atoms with Gasteiger partial charge in [-0.25, -0.2) is 0 Å². The topological polar surface area (TPSA) is 49.4 Å². The lowest BCUT2D eigenvalue weighted by Crippen LogP contribution is -2.49. The maximum absolute atomic E-state index is 13.2. The summed E-state index contributed by atoms with van der Waals surface area (Å²) in [6.07, 6.45) is 1.35. The molecule has 0 aliphatic rings.